The molecule has 3 fully saturated rings. The molecular formula is C33H35FN4O5. The van der Waals surface area contributed by atoms with Crippen LogP contribution in [0.15, 0.2) is 16.9 Å². The summed E-state index contributed by atoms with van der Waals surface area (Å²) >= 11 is 0. The summed E-state index contributed by atoms with van der Waals surface area (Å²) in [5, 5.41) is 18.9. The number of pyridine rings is 2. The van der Waals surface area contributed by atoms with Crippen LogP contribution in [-0.4, -0.2) is 39.6 Å². The van der Waals surface area contributed by atoms with Crippen molar-refractivity contribution in [2.45, 2.75) is 89.6 Å². The van der Waals surface area contributed by atoms with E-state index in [1.807, 2.05) is 7.05 Å². The number of rotatable bonds is 4. The van der Waals surface area contributed by atoms with Crippen LogP contribution in [0.5, 0.6) is 0 Å². The summed E-state index contributed by atoms with van der Waals surface area (Å²) in [6, 6.07) is 3.27. The summed E-state index contributed by atoms with van der Waals surface area (Å²) in [6.07, 6.45) is 4.88. The molecule has 0 saturated heterocycles. The molecule has 4 heterocycles. The fraction of sp³-hybridized carbons (Fsp3) is 0.515. The molecule has 9 rings (SSSR count). The van der Waals surface area contributed by atoms with E-state index < -0.39 is 11.6 Å². The third-order valence-corrected chi connectivity index (χ3v) is 11.3. The minimum absolute atomic E-state index is 0.0462. The lowest BCUT2D eigenvalue weighted by molar-refractivity contribution is -0.172. The minimum Gasteiger partial charge on any atom is -0.458 e. The Bertz CT molecular complexity index is 1840. The number of nitrogens with one attached hydrogen (secondary N) is 2. The average Bonchev–Trinajstić information content (AvgIpc) is 3.36. The molecule has 2 aromatic heterocycles. The number of hydrogen-bond donors (Lipinski definition) is 3. The van der Waals surface area contributed by atoms with Gasteiger partial charge in [-0.25, -0.2) is 14.2 Å². The molecule has 2 aliphatic heterocycles. The van der Waals surface area contributed by atoms with Crippen LogP contribution in [0.4, 0.5) is 4.39 Å². The molecule has 1 unspecified atom stereocenters. The van der Waals surface area contributed by atoms with Crippen molar-refractivity contribution in [1.82, 2.24) is 20.2 Å². The number of hydrogen-bond acceptors (Lipinski definition) is 7. The third kappa shape index (κ3) is 3.45. The molecule has 3 saturated carbocycles. The molecule has 4 aliphatic carbocycles. The molecular weight excluding hydrogens is 551 g/mol. The molecule has 43 heavy (non-hydrogen) atoms. The Balaban J connectivity index is 1.28. The Hall–Kier alpha value is -3.63. The maximum absolute atomic E-state index is 15.2. The van der Waals surface area contributed by atoms with Gasteiger partial charge in [0.25, 0.3) is 5.56 Å². The Morgan fingerprint density at radius 1 is 1.21 bits per heavy atom. The highest BCUT2D eigenvalue weighted by Gasteiger charge is 2.56. The lowest BCUT2D eigenvalue weighted by Gasteiger charge is -2.55. The predicted molar refractivity (Wildman–Crippen MR) is 156 cm³/mol. The molecule has 1 amide bonds. The Kier molecular flexibility index (Phi) is 5.61. The molecule has 1 aromatic carbocycles. The summed E-state index contributed by atoms with van der Waals surface area (Å²) in [5.74, 6) is -0.522. The molecule has 10 heteroatoms. The quantitative estimate of drug-likeness (QED) is 0.313. The van der Waals surface area contributed by atoms with Gasteiger partial charge in [0.1, 0.15) is 12.4 Å². The molecule has 3 N–H and O–H groups in total. The summed E-state index contributed by atoms with van der Waals surface area (Å²) in [7, 11) is 1.99. The van der Waals surface area contributed by atoms with Crippen molar-refractivity contribution < 1.29 is 23.8 Å². The molecule has 2 bridgehead atoms. The number of aromatic nitrogens is 2. The zero-order valence-corrected chi connectivity index (χ0v) is 24.6. The number of benzene rings is 1. The van der Waals surface area contributed by atoms with Gasteiger partial charge in [0, 0.05) is 34.0 Å². The van der Waals surface area contributed by atoms with E-state index in [-0.39, 0.29) is 59.4 Å². The van der Waals surface area contributed by atoms with Gasteiger partial charge in [-0.3, -0.25) is 9.59 Å². The van der Waals surface area contributed by atoms with Crippen molar-refractivity contribution in [1.29, 1.82) is 0 Å². The van der Waals surface area contributed by atoms with Crippen LogP contribution in [0.25, 0.3) is 22.3 Å². The number of cyclic esters (lactones) is 1. The van der Waals surface area contributed by atoms with E-state index in [1.54, 1.807) is 24.5 Å². The molecule has 3 atom stereocenters. The zero-order valence-electron chi connectivity index (χ0n) is 24.6. The first-order valence-corrected chi connectivity index (χ1v) is 15.4. The number of aliphatic hydroxyl groups is 1. The number of esters is 1. The summed E-state index contributed by atoms with van der Waals surface area (Å²) in [4.78, 5) is 45.3. The molecule has 224 valence electrons. The summed E-state index contributed by atoms with van der Waals surface area (Å²) in [6.45, 7) is 3.47. The van der Waals surface area contributed by atoms with Gasteiger partial charge in [-0.05, 0) is 87.6 Å². The number of amides is 1. The van der Waals surface area contributed by atoms with E-state index in [2.05, 4.69) is 10.6 Å². The van der Waals surface area contributed by atoms with E-state index in [9.17, 15) is 19.5 Å². The number of nitrogens with zero attached hydrogens (tertiary/aromatic N) is 2. The molecule has 0 radical (unpaired) electrons. The zero-order chi connectivity index (χ0) is 30.0. The minimum atomic E-state index is -1.94. The van der Waals surface area contributed by atoms with Crippen LogP contribution in [0.1, 0.15) is 84.9 Å². The first-order chi connectivity index (χ1) is 20.6. The highest BCUT2D eigenvalue weighted by Crippen LogP contribution is 2.56. The van der Waals surface area contributed by atoms with Crippen molar-refractivity contribution in [3.05, 3.63) is 61.7 Å². The van der Waals surface area contributed by atoms with Crippen molar-refractivity contribution in [3.63, 3.8) is 0 Å². The van der Waals surface area contributed by atoms with Gasteiger partial charge < -0.3 is 25.0 Å². The lowest BCUT2D eigenvalue weighted by Crippen LogP contribution is -2.59. The van der Waals surface area contributed by atoms with Gasteiger partial charge in [0.15, 0.2) is 5.60 Å². The number of aryl methyl sites for hydroxylation is 1. The average molecular weight is 587 g/mol. The molecule has 0 spiro atoms. The first-order valence-electron chi connectivity index (χ1n) is 15.4. The van der Waals surface area contributed by atoms with E-state index in [4.69, 9.17) is 9.72 Å². The fourth-order valence-corrected chi connectivity index (χ4v) is 8.79. The van der Waals surface area contributed by atoms with Gasteiger partial charge in [-0.2, -0.15) is 0 Å². The number of halogens is 1. The monoisotopic (exact) mass is 586 g/mol. The number of fused-ring (bicyclic) bond motifs is 7. The third-order valence-electron chi connectivity index (χ3n) is 11.3. The van der Waals surface area contributed by atoms with Crippen LogP contribution in [-0.2, 0) is 39.5 Å². The van der Waals surface area contributed by atoms with Gasteiger partial charge in [0.05, 0.1) is 35.1 Å². The van der Waals surface area contributed by atoms with Gasteiger partial charge >= 0.3 is 5.97 Å². The maximum atomic E-state index is 15.2. The van der Waals surface area contributed by atoms with Crippen LogP contribution in [0, 0.1) is 24.1 Å². The highest BCUT2D eigenvalue weighted by molar-refractivity contribution is 5.94. The SMILES string of the molecule is CC[C@@]1(O)C(=O)OCc2c1cc1n(c2=O)Cc2c-1nc1cc(F)c(C)c3c1c2[C@@H](NC(=O)C12CCC(NC)C(C1)C2)CC3. The first kappa shape index (κ1) is 27.0. The smallest absolute Gasteiger partial charge is 0.343 e. The topological polar surface area (TPSA) is 123 Å². The van der Waals surface area contributed by atoms with E-state index >= 15 is 4.39 Å². The maximum Gasteiger partial charge on any atom is 0.343 e. The Morgan fingerprint density at radius 2 is 2.00 bits per heavy atom. The lowest BCUT2D eigenvalue weighted by atomic mass is 9.52. The second kappa shape index (κ2) is 8.95. The van der Waals surface area contributed by atoms with Gasteiger partial charge in [-0.15, -0.1) is 0 Å². The van der Waals surface area contributed by atoms with E-state index in [0.29, 0.717) is 47.3 Å². The molecule has 6 aliphatic rings. The van der Waals surface area contributed by atoms with Crippen molar-refractivity contribution in [2.75, 3.05) is 7.05 Å². The highest BCUT2D eigenvalue weighted by atomic mass is 19.1. The predicted octanol–water partition coefficient (Wildman–Crippen LogP) is 3.41. The summed E-state index contributed by atoms with van der Waals surface area (Å²) < 4.78 is 22.0. The van der Waals surface area contributed by atoms with Crippen molar-refractivity contribution in [2.24, 2.45) is 11.3 Å². The standard InChI is InChI=1S/C33H35FN4O5/c1-4-33(42)20-9-25-28-18(13-38(25)29(39)19(20)14-43-31(33)41)27-23(6-5-17-15(2)21(34)10-24(36-28)26(17)27)37-30(40)32-8-7-22(35-3)16(11-32)12-32/h9-10,16,22-23,35,42H,4-8,11-14H2,1-3H3,(H,37,40)/t16?,22?,23-,32?,33-/m0/s1. The van der Waals surface area contributed by atoms with E-state index in [0.717, 1.165) is 47.8 Å². The fourth-order valence-electron chi connectivity index (χ4n) is 8.79. The second-order valence-corrected chi connectivity index (χ2v) is 13.3. The van der Waals surface area contributed by atoms with E-state index in [1.165, 1.54) is 6.07 Å². The van der Waals surface area contributed by atoms with Gasteiger partial charge in [0.2, 0.25) is 5.91 Å². The van der Waals surface area contributed by atoms with Crippen LogP contribution >= 0.6 is 0 Å². The van der Waals surface area contributed by atoms with Crippen molar-refractivity contribution in [3.8, 4) is 11.4 Å². The number of carbonyl (C=O) groups is 2. The second-order valence-electron chi connectivity index (χ2n) is 13.3. The molecule has 3 aromatic rings. The Labute approximate surface area is 247 Å². The summed E-state index contributed by atoms with van der Waals surface area (Å²) in [5.41, 5.74) is 2.53. The van der Waals surface area contributed by atoms with Crippen LogP contribution in [0.3, 0.4) is 0 Å². The van der Waals surface area contributed by atoms with Crippen LogP contribution in [0.2, 0.25) is 0 Å². The number of ether oxygens (including phenoxy) is 1. The van der Waals surface area contributed by atoms with Crippen LogP contribution < -0.4 is 16.2 Å². The molecule has 9 nitrogen and oxygen atoms in total. The largest absolute Gasteiger partial charge is 0.458 e. The Morgan fingerprint density at radius 3 is 2.70 bits per heavy atom. The normalized spacial score (nSPS) is 29.8. The number of carbonyl (C=O) groups excluding carboxylic acids is 2. The van der Waals surface area contributed by atoms with Gasteiger partial charge in [-0.1, -0.05) is 6.92 Å². The van der Waals surface area contributed by atoms with Crippen molar-refractivity contribution >= 4 is 22.8 Å².